The molecule has 2 aromatic carbocycles. The zero-order valence-electron chi connectivity index (χ0n) is 12.4. The normalized spacial score (nSPS) is 12.4. The number of hydrogen-bond donors (Lipinski definition) is 1. The van der Waals surface area contributed by atoms with Gasteiger partial charge in [0.05, 0.1) is 0 Å². The van der Waals surface area contributed by atoms with Crippen LogP contribution in [0.25, 0.3) is 0 Å². The van der Waals surface area contributed by atoms with Gasteiger partial charge in [-0.3, -0.25) is 0 Å². The summed E-state index contributed by atoms with van der Waals surface area (Å²) in [6, 6.07) is 13.5. The van der Waals surface area contributed by atoms with E-state index >= 15 is 0 Å². The summed E-state index contributed by atoms with van der Waals surface area (Å²) in [5.74, 6) is 0.126. The van der Waals surface area contributed by atoms with Crippen LogP contribution >= 0.6 is 0 Å². The first-order valence-electron chi connectivity index (χ1n) is 7.06. The first-order chi connectivity index (χ1) is 9.60. The van der Waals surface area contributed by atoms with E-state index in [1.807, 2.05) is 13.1 Å². The minimum absolute atomic E-state index is 0.162. The lowest BCUT2D eigenvalue weighted by atomic mass is 9.89. The SMILES string of the molecule is CNCC(Cc1cc(C)ccc1C)c1cccc(F)c1. The molecule has 106 valence electrons. The fraction of sp³-hybridized carbons (Fsp3) is 0.333. The van der Waals surface area contributed by atoms with Crippen LogP contribution in [0.3, 0.4) is 0 Å². The second kappa shape index (κ2) is 6.67. The van der Waals surface area contributed by atoms with E-state index in [9.17, 15) is 4.39 Å². The molecule has 0 spiro atoms. The number of halogens is 1. The van der Waals surface area contributed by atoms with Gasteiger partial charge in [-0.15, -0.1) is 0 Å². The molecule has 2 heteroatoms. The Morgan fingerprint density at radius 3 is 2.60 bits per heavy atom. The minimum Gasteiger partial charge on any atom is -0.319 e. The Balaban J connectivity index is 2.27. The van der Waals surface area contributed by atoms with Crippen LogP contribution in [0.15, 0.2) is 42.5 Å². The number of benzene rings is 2. The zero-order valence-corrected chi connectivity index (χ0v) is 12.4. The Hall–Kier alpha value is -1.67. The summed E-state index contributed by atoms with van der Waals surface area (Å²) in [5, 5.41) is 3.22. The molecule has 2 aromatic rings. The lowest BCUT2D eigenvalue weighted by Gasteiger charge is -2.19. The molecule has 0 aliphatic heterocycles. The largest absolute Gasteiger partial charge is 0.319 e. The third-order valence-electron chi connectivity index (χ3n) is 3.74. The predicted molar refractivity (Wildman–Crippen MR) is 82.7 cm³/mol. The maximum absolute atomic E-state index is 13.4. The fourth-order valence-electron chi connectivity index (χ4n) is 2.60. The summed E-state index contributed by atoms with van der Waals surface area (Å²) in [6.07, 6.45) is 0.928. The highest BCUT2D eigenvalue weighted by Gasteiger charge is 2.13. The number of likely N-dealkylation sites (N-methyl/N-ethyl adjacent to an activating group) is 1. The van der Waals surface area contributed by atoms with E-state index in [1.165, 1.54) is 22.8 Å². The molecule has 0 saturated carbocycles. The van der Waals surface area contributed by atoms with E-state index in [2.05, 4.69) is 37.4 Å². The van der Waals surface area contributed by atoms with Crippen molar-refractivity contribution in [2.24, 2.45) is 0 Å². The molecular formula is C18H22FN. The molecule has 2 rings (SSSR count). The standard InChI is InChI=1S/C18H22FN/c1-13-7-8-14(2)16(9-13)10-17(12-20-3)15-5-4-6-18(19)11-15/h4-9,11,17,20H,10,12H2,1-3H3. The van der Waals surface area contributed by atoms with Crippen LogP contribution in [-0.4, -0.2) is 13.6 Å². The molecule has 1 nitrogen and oxygen atoms in total. The fourth-order valence-corrected chi connectivity index (χ4v) is 2.60. The van der Waals surface area contributed by atoms with Crippen LogP contribution in [-0.2, 0) is 6.42 Å². The molecule has 0 aromatic heterocycles. The molecule has 0 amide bonds. The number of aryl methyl sites for hydroxylation is 2. The van der Waals surface area contributed by atoms with E-state index in [1.54, 1.807) is 12.1 Å². The van der Waals surface area contributed by atoms with E-state index < -0.39 is 0 Å². The Kier molecular flexibility index (Phi) is 4.91. The number of rotatable bonds is 5. The van der Waals surface area contributed by atoms with Crippen molar-refractivity contribution >= 4 is 0 Å². The third kappa shape index (κ3) is 3.67. The van der Waals surface area contributed by atoms with Gasteiger partial charge in [-0.1, -0.05) is 35.9 Å². The van der Waals surface area contributed by atoms with Gasteiger partial charge >= 0.3 is 0 Å². The summed E-state index contributed by atoms with van der Waals surface area (Å²) in [4.78, 5) is 0. The topological polar surface area (TPSA) is 12.0 Å². The van der Waals surface area contributed by atoms with Crippen LogP contribution in [0.2, 0.25) is 0 Å². The van der Waals surface area contributed by atoms with Crippen LogP contribution < -0.4 is 5.32 Å². The maximum atomic E-state index is 13.4. The van der Waals surface area contributed by atoms with Crippen molar-refractivity contribution in [1.29, 1.82) is 0 Å². The molecule has 0 fully saturated rings. The lowest BCUT2D eigenvalue weighted by Crippen LogP contribution is -2.19. The molecular weight excluding hydrogens is 249 g/mol. The Labute approximate surface area is 120 Å². The van der Waals surface area contributed by atoms with Gasteiger partial charge in [0.25, 0.3) is 0 Å². The quantitative estimate of drug-likeness (QED) is 0.867. The van der Waals surface area contributed by atoms with Crippen LogP contribution in [0.5, 0.6) is 0 Å². The summed E-state index contributed by atoms with van der Waals surface area (Å²) >= 11 is 0. The second-order valence-electron chi connectivity index (χ2n) is 5.44. The number of nitrogens with one attached hydrogen (secondary N) is 1. The molecule has 0 heterocycles. The summed E-state index contributed by atoms with van der Waals surface area (Å²) < 4.78 is 13.4. The molecule has 20 heavy (non-hydrogen) atoms. The highest BCUT2D eigenvalue weighted by atomic mass is 19.1. The van der Waals surface area contributed by atoms with Gasteiger partial charge in [-0.2, -0.15) is 0 Å². The maximum Gasteiger partial charge on any atom is 0.123 e. The van der Waals surface area contributed by atoms with Crippen molar-refractivity contribution in [3.05, 3.63) is 70.5 Å². The van der Waals surface area contributed by atoms with Crippen molar-refractivity contribution < 1.29 is 4.39 Å². The molecule has 0 saturated heterocycles. The van der Waals surface area contributed by atoms with Crippen molar-refractivity contribution in [3.8, 4) is 0 Å². The summed E-state index contributed by atoms with van der Waals surface area (Å²) in [7, 11) is 1.94. The van der Waals surface area contributed by atoms with Gasteiger partial charge in [0.2, 0.25) is 0 Å². The Morgan fingerprint density at radius 1 is 1.10 bits per heavy atom. The van der Waals surface area contributed by atoms with Gasteiger partial charge in [0, 0.05) is 12.5 Å². The van der Waals surface area contributed by atoms with Crippen LogP contribution in [0.4, 0.5) is 4.39 Å². The Bertz CT molecular complexity index is 577. The summed E-state index contributed by atoms with van der Waals surface area (Å²) in [5.41, 5.74) is 4.97. The average Bonchev–Trinajstić information content (AvgIpc) is 2.42. The third-order valence-corrected chi connectivity index (χ3v) is 3.74. The molecule has 1 atom stereocenters. The van der Waals surface area contributed by atoms with Crippen molar-refractivity contribution in [1.82, 2.24) is 5.32 Å². The molecule has 0 aliphatic carbocycles. The highest BCUT2D eigenvalue weighted by Crippen LogP contribution is 2.23. The molecule has 0 aliphatic rings. The average molecular weight is 271 g/mol. The van der Waals surface area contributed by atoms with E-state index in [0.29, 0.717) is 0 Å². The molecule has 1 N–H and O–H groups in total. The van der Waals surface area contributed by atoms with Gasteiger partial charge < -0.3 is 5.32 Å². The zero-order chi connectivity index (χ0) is 14.5. The Morgan fingerprint density at radius 2 is 1.90 bits per heavy atom. The predicted octanol–water partition coefficient (Wildman–Crippen LogP) is 3.99. The molecule has 0 radical (unpaired) electrons. The lowest BCUT2D eigenvalue weighted by molar-refractivity contribution is 0.600. The highest BCUT2D eigenvalue weighted by molar-refractivity contribution is 5.33. The van der Waals surface area contributed by atoms with Crippen LogP contribution in [0, 0.1) is 19.7 Å². The van der Waals surface area contributed by atoms with Gasteiger partial charge in [0.15, 0.2) is 0 Å². The molecule has 0 bridgehead atoms. The van der Waals surface area contributed by atoms with Gasteiger partial charge in [-0.25, -0.2) is 4.39 Å². The summed E-state index contributed by atoms with van der Waals surface area (Å²) in [6.45, 7) is 5.09. The van der Waals surface area contributed by atoms with Crippen molar-refractivity contribution in [3.63, 3.8) is 0 Å². The van der Waals surface area contributed by atoms with E-state index in [0.717, 1.165) is 18.5 Å². The first-order valence-corrected chi connectivity index (χ1v) is 7.06. The minimum atomic E-state index is -0.162. The van der Waals surface area contributed by atoms with Crippen molar-refractivity contribution in [2.75, 3.05) is 13.6 Å². The first kappa shape index (κ1) is 14.7. The van der Waals surface area contributed by atoms with Crippen molar-refractivity contribution in [2.45, 2.75) is 26.2 Å². The smallest absolute Gasteiger partial charge is 0.123 e. The molecule has 1 unspecified atom stereocenters. The number of hydrogen-bond acceptors (Lipinski definition) is 1. The van der Waals surface area contributed by atoms with Gasteiger partial charge in [-0.05, 0) is 56.1 Å². The van der Waals surface area contributed by atoms with E-state index in [-0.39, 0.29) is 11.7 Å². The van der Waals surface area contributed by atoms with Crippen LogP contribution in [0.1, 0.15) is 28.2 Å². The van der Waals surface area contributed by atoms with E-state index in [4.69, 9.17) is 0 Å². The second-order valence-corrected chi connectivity index (χ2v) is 5.44. The monoisotopic (exact) mass is 271 g/mol. The van der Waals surface area contributed by atoms with Gasteiger partial charge in [0.1, 0.15) is 5.82 Å².